The minimum absolute atomic E-state index is 0.297. The molecule has 3 aromatic rings. The Morgan fingerprint density at radius 2 is 2.15 bits per heavy atom. The van der Waals surface area contributed by atoms with Crippen LogP contribution in [0.2, 0.25) is 5.02 Å². The van der Waals surface area contributed by atoms with Crippen LogP contribution in [-0.4, -0.2) is 15.8 Å². The first-order valence-electron chi connectivity index (χ1n) is 6.04. The molecule has 1 aromatic carbocycles. The number of aldehydes is 1. The van der Waals surface area contributed by atoms with Crippen molar-refractivity contribution in [2.45, 2.75) is 6.92 Å². The summed E-state index contributed by atoms with van der Waals surface area (Å²) >= 11 is 6.32. The number of hydrogen-bond donors (Lipinski definition) is 0. The Labute approximate surface area is 120 Å². The van der Waals surface area contributed by atoms with Gasteiger partial charge in [0.15, 0.2) is 12.0 Å². The molecule has 0 unspecified atom stereocenters. The largest absolute Gasteiger partial charge is 0.453 e. The number of benzene rings is 1. The Morgan fingerprint density at radius 3 is 2.75 bits per heavy atom. The van der Waals surface area contributed by atoms with E-state index in [1.165, 1.54) is 0 Å². The van der Waals surface area contributed by atoms with Gasteiger partial charge in [-0.25, -0.2) is 4.98 Å². The molecular formula is C15H11ClN2O2. The highest BCUT2D eigenvalue weighted by atomic mass is 35.5. The van der Waals surface area contributed by atoms with Gasteiger partial charge < -0.3 is 8.98 Å². The van der Waals surface area contributed by atoms with E-state index in [0.717, 1.165) is 17.1 Å². The second kappa shape index (κ2) is 4.98. The van der Waals surface area contributed by atoms with Gasteiger partial charge in [0, 0.05) is 18.0 Å². The van der Waals surface area contributed by atoms with Crippen LogP contribution in [0.5, 0.6) is 0 Å². The molecule has 0 radical (unpaired) electrons. The number of carbonyl (C=O) groups is 1. The van der Waals surface area contributed by atoms with E-state index in [9.17, 15) is 4.79 Å². The van der Waals surface area contributed by atoms with E-state index in [0.29, 0.717) is 22.8 Å². The molecule has 0 bridgehead atoms. The molecule has 2 heterocycles. The smallest absolute Gasteiger partial charge is 0.185 e. The number of furan rings is 1. The van der Waals surface area contributed by atoms with Crippen molar-refractivity contribution in [2.75, 3.05) is 0 Å². The third kappa shape index (κ3) is 2.14. The fourth-order valence-corrected chi connectivity index (χ4v) is 2.33. The summed E-state index contributed by atoms with van der Waals surface area (Å²) in [5.41, 5.74) is 1.68. The zero-order chi connectivity index (χ0) is 14.1. The fraction of sp³-hybridized carbons (Fsp3) is 0.0667. The van der Waals surface area contributed by atoms with Crippen molar-refractivity contribution in [3.8, 4) is 17.0 Å². The average Bonchev–Trinajstić information content (AvgIpc) is 3.07. The van der Waals surface area contributed by atoms with E-state index in [2.05, 4.69) is 4.98 Å². The van der Waals surface area contributed by atoms with Crippen molar-refractivity contribution in [2.24, 2.45) is 0 Å². The fourth-order valence-electron chi connectivity index (χ4n) is 2.06. The molecule has 0 aliphatic rings. The van der Waals surface area contributed by atoms with Gasteiger partial charge in [-0.3, -0.25) is 4.79 Å². The monoisotopic (exact) mass is 286 g/mol. The zero-order valence-electron chi connectivity index (χ0n) is 10.7. The van der Waals surface area contributed by atoms with E-state index in [4.69, 9.17) is 16.0 Å². The van der Waals surface area contributed by atoms with Crippen LogP contribution in [-0.2, 0) is 0 Å². The standard InChI is InChI=1S/C15H11ClN2O2/c1-10-17-6-7-18(10)14-4-2-11(8-13(14)16)15-5-3-12(9-19)20-15/h2-9H,1H3. The highest BCUT2D eigenvalue weighted by Crippen LogP contribution is 2.29. The molecule has 0 N–H and O–H groups in total. The Bertz CT molecular complexity index is 774. The second-order valence-corrected chi connectivity index (χ2v) is 4.74. The number of aromatic nitrogens is 2. The number of carbonyl (C=O) groups excluding carboxylic acids is 1. The van der Waals surface area contributed by atoms with E-state index in [1.807, 2.05) is 35.9 Å². The van der Waals surface area contributed by atoms with E-state index in [1.54, 1.807) is 18.3 Å². The molecule has 0 spiro atoms. The summed E-state index contributed by atoms with van der Waals surface area (Å²) in [5.74, 6) is 1.77. The molecule has 20 heavy (non-hydrogen) atoms. The maximum atomic E-state index is 10.6. The van der Waals surface area contributed by atoms with Crippen LogP contribution in [0.3, 0.4) is 0 Å². The molecule has 0 amide bonds. The third-order valence-corrected chi connectivity index (χ3v) is 3.36. The Kier molecular flexibility index (Phi) is 3.16. The molecule has 3 rings (SSSR count). The lowest BCUT2D eigenvalue weighted by molar-refractivity contribution is 0.110. The molecular weight excluding hydrogens is 276 g/mol. The van der Waals surface area contributed by atoms with Gasteiger partial charge in [-0.2, -0.15) is 0 Å². The molecule has 0 aliphatic carbocycles. The maximum Gasteiger partial charge on any atom is 0.185 e. The van der Waals surface area contributed by atoms with Crippen molar-refractivity contribution in [1.29, 1.82) is 0 Å². The van der Waals surface area contributed by atoms with Crippen LogP contribution in [0.1, 0.15) is 16.4 Å². The molecule has 5 heteroatoms. The van der Waals surface area contributed by atoms with Gasteiger partial charge in [-0.1, -0.05) is 11.6 Å². The third-order valence-electron chi connectivity index (χ3n) is 3.06. The zero-order valence-corrected chi connectivity index (χ0v) is 11.5. The van der Waals surface area contributed by atoms with E-state index >= 15 is 0 Å². The van der Waals surface area contributed by atoms with Gasteiger partial charge in [-0.05, 0) is 37.3 Å². The second-order valence-electron chi connectivity index (χ2n) is 4.33. The van der Waals surface area contributed by atoms with Crippen molar-refractivity contribution < 1.29 is 9.21 Å². The number of halogens is 1. The topological polar surface area (TPSA) is 48.0 Å². The number of hydrogen-bond acceptors (Lipinski definition) is 3. The summed E-state index contributed by atoms with van der Waals surface area (Å²) in [4.78, 5) is 14.8. The number of aryl methyl sites for hydroxylation is 1. The Morgan fingerprint density at radius 1 is 1.30 bits per heavy atom. The van der Waals surface area contributed by atoms with Gasteiger partial charge in [0.05, 0.1) is 10.7 Å². The van der Waals surface area contributed by atoms with Gasteiger partial charge in [0.25, 0.3) is 0 Å². The highest BCUT2D eigenvalue weighted by Gasteiger charge is 2.09. The maximum absolute atomic E-state index is 10.6. The van der Waals surface area contributed by atoms with Gasteiger partial charge in [0.2, 0.25) is 0 Å². The average molecular weight is 287 g/mol. The number of imidazole rings is 1. The summed E-state index contributed by atoms with van der Waals surface area (Å²) in [6.45, 7) is 1.91. The lowest BCUT2D eigenvalue weighted by atomic mass is 10.1. The predicted octanol–water partition coefficient (Wildman–Crippen LogP) is 3.91. The first-order valence-corrected chi connectivity index (χ1v) is 6.42. The Hall–Kier alpha value is -2.33. The molecule has 0 aliphatic heterocycles. The summed E-state index contributed by atoms with van der Waals surface area (Å²) in [7, 11) is 0. The minimum atomic E-state index is 0.297. The SMILES string of the molecule is Cc1nccn1-c1ccc(-c2ccc(C=O)o2)cc1Cl. The minimum Gasteiger partial charge on any atom is -0.453 e. The van der Waals surface area contributed by atoms with Crippen molar-refractivity contribution >= 4 is 17.9 Å². The van der Waals surface area contributed by atoms with Crippen LogP contribution in [0.25, 0.3) is 17.0 Å². The summed E-state index contributed by atoms with van der Waals surface area (Å²) in [5, 5.41) is 0.590. The summed E-state index contributed by atoms with van der Waals surface area (Å²) in [6, 6.07) is 8.98. The van der Waals surface area contributed by atoms with Crippen LogP contribution >= 0.6 is 11.6 Å². The molecule has 0 saturated heterocycles. The van der Waals surface area contributed by atoms with Gasteiger partial charge >= 0.3 is 0 Å². The summed E-state index contributed by atoms with van der Waals surface area (Å²) in [6.07, 6.45) is 4.25. The van der Waals surface area contributed by atoms with Gasteiger partial charge in [-0.15, -0.1) is 0 Å². The molecule has 0 fully saturated rings. The highest BCUT2D eigenvalue weighted by molar-refractivity contribution is 6.32. The first-order chi connectivity index (χ1) is 9.69. The van der Waals surface area contributed by atoms with Crippen LogP contribution < -0.4 is 0 Å². The molecule has 0 atom stereocenters. The predicted molar refractivity (Wildman–Crippen MR) is 76.4 cm³/mol. The lowest BCUT2D eigenvalue weighted by Gasteiger charge is -2.08. The van der Waals surface area contributed by atoms with Crippen LogP contribution in [0.15, 0.2) is 47.1 Å². The van der Waals surface area contributed by atoms with Crippen molar-refractivity contribution in [3.05, 3.63) is 59.3 Å². The quantitative estimate of drug-likeness (QED) is 0.686. The van der Waals surface area contributed by atoms with Crippen molar-refractivity contribution in [1.82, 2.24) is 9.55 Å². The molecule has 100 valence electrons. The van der Waals surface area contributed by atoms with Crippen LogP contribution in [0.4, 0.5) is 0 Å². The molecule has 0 saturated carbocycles. The lowest BCUT2D eigenvalue weighted by Crippen LogP contribution is -1.96. The van der Waals surface area contributed by atoms with Crippen molar-refractivity contribution in [3.63, 3.8) is 0 Å². The Balaban J connectivity index is 2.03. The van der Waals surface area contributed by atoms with Crippen LogP contribution in [0, 0.1) is 6.92 Å². The first kappa shape index (κ1) is 12.7. The number of nitrogens with zero attached hydrogens (tertiary/aromatic N) is 2. The summed E-state index contributed by atoms with van der Waals surface area (Å²) < 4.78 is 7.29. The van der Waals surface area contributed by atoms with Gasteiger partial charge in [0.1, 0.15) is 11.6 Å². The normalized spacial score (nSPS) is 10.7. The number of rotatable bonds is 3. The molecule has 4 nitrogen and oxygen atoms in total. The van der Waals surface area contributed by atoms with E-state index in [-0.39, 0.29) is 0 Å². The molecule has 2 aromatic heterocycles. The van der Waals surface area contributed by atoms with E-state index < -0.39 is 0 Å².